The third-order valence-corrected chi connectivity index (χ3v) is 2.93. The van der Waals surface area contributed by atoms with E-state index in [9.17, 15) is 5.11 Å². The predicted octanol–water partition coefficient (Wildman–Crippen LogP) is 2.04. The molecule has 1 aromatic rings. The Morgan fingerprint density at radius 3 is 2.62 bits per heavy atom. The van der Waals surface area contributed by atoms with E-state index in [1.807, 2.05) is 19.9 Å². The van der Waals surface area contributed by atoms with Gasteiger partial charge >= 0.3 is 0 Å². The maximum Gasteiger partial charge on any atom is 0.123 e. The zero-order chi connectivity index (χ0) is 9.42. The van der Waals surface area contributed by atoms with Gasteiger partial charge in [-0.15, -0.1) is 0 Å². The summed E-state index contributed by atoms with van der Waals surface area (Å²) in [5.74, 6) is 0.470. The van der Waals surface area contributed by atoms with E-state index in [2.05, 4.69) is 11.4 Å². The highest BCUT2D eigenvalue weighted by Gasteiger charge is 2.22. The van der Waals surface area contributed by atoms with E-state index in [1.54, 1.807) is 0 Å². The molecule has 0 aromatic heterocycles. The molecule has 2 nitrogen and oxygen atoms in total. The summed E-state index contributed by atoms with van der Waals surface area (Å²) in [6.45, 7) is 5.05. The Morgan fingerprint density at radius 2 is 2.08 bits per heavy atom. The van der Waals surface area contributed by atoms with Crippen molar-refractivity contribution < 1.29 is 5.11 Å². The lowest BCUT2D eigenvalue weighted by Crippen LogP contribution is -2.35. The summed E-state index contributed by atoms with van der Waals surface area (Å²) >= 11 is 0. The molecule has 1 saturated heterocycles. The van der Waals surface area contributed by atoms with E-state index in [0.29, 0.717) is 11.8 Å². The Morgan fingerprint density at radius 1 is 1.38 bits per heavy atom. The van der Waals surface area contributed by atoms with Gasteiger partial charge in [-0.05, 0) is 37.9 Å². The Hall–Kier alpha value is -1.02. The Labute approximate surface area is 78.6 Å². The van der Waals surface area contributed by atoms with Crippen molar-refractivity contribution in [2.75, 3.05) is 6.54 Å². The van der Waals surface area contributed by atoms with E-state index < -0.39 is 0 Å². The fourth-order valence-electron chi connectivity index (χ4n) is 1.66. The summed E-state index contributed by atoms with van der Waals surface area (Å²) in [6.07, 6.45) is 1.13. The van der Waals surface area contributed by atoms with Crippen molar-refractivity contribution in [2.24, 2.45) is 0 Å². The van der Waals surface area contributed by atoms with Crippen LogP contribution in [-0.2, 0) is 0 Å². The molecule has 1 aromatic carbocycles. The first-order valence-corrected chi connectivity index (χ1v) is 4.72. The Kier molecular flexibility index (Phi) is 2.00. The van der Waals surface area contributed by atoms with Crippen molar-refractivity contribution in [3.05, 3.63) is 28.8 Å². The molecule has 2 heteroatoms. The first-order valence-electron chi connectivity index (χ1n) is 4.72. The number of aromatic hydroxyl groups is 1. The first kappa shape index (κ1) is 8.57. The predicted molar refractivity (Wildman–Crippen MR) is 52.9 cm³/mol. The highest BCUT2D eigenvalue weighted by molar-refractivity contribution is 5.46. The SMILES string of the molecule is Cc1ccc([C@@H]2CCN2)c(O)c1C. The van der Waals surface area contributed by atoms with Crippen molar-refractivity contribution in [3.8, 4) is 5.75 Å². The largest absolute Gasteiger partial charge is 0.507 e. The molecule has 0 radical (unpaired) electrons. The summed E-state index contributed by atoms with van der Waals surface area (Å²) in [7, 11) is 0. The second-order valence-corrected chi connectivity index (χ2v) is 3.74. The monoisotopic (exact) mass is 177 g/mol. The molecular weight excluding hydrogens is 162 g/mol. The minimum absolute atomic E-state index is 0.374. The van der Waals surface area contributed by atoms with Crippen molar-refractivity contribution >= 4 is 0 Å². The molecule has 1 heterocycles. The van der Waals surface area contributed by atoms with Gasteiger partial charge < -0.3 is 10.4 Å². The smallest absolute Gasteiger partial charge is 0.123 e. The van der Waals surface area contributed by atoms with Gasteiger partial charge in [0.1, 0.15) is 5.75 Å². The van der Waals surface area contributed by atoms with Gasteiger partial charge in [-0.25, -0.2) is 0 Å². The number of rotatable bonds is 1. The maximum absolute atomic E-state index is 9.87. The van der Waals surface area contributed by atoms with Crippen molar-refractivity contribution in [2.45, 2.75) is 26.3 Å². The quantitative estimate of drug-likeness (QED) is 0.688. The highest BCUT2D eigenvalue weighted by Crippen LogP contribution is 2.33. The van der Waals surface area contributed by atoms with E-state index in [4.69, 9.17) is 0 Å². The lowest BCUT2D eigenvalue weighted by Gasteiger charge is -2.29. The molecule has 0 saturated carbocycles. The molecule has 70 valence electrons. The molecule has 0 aliphatic carbocycles. The number of phenolic OH excluding ortho intramolecular Hbond substituents is 1. The summed E-state index contributed by atoms with van der Waals surface area (Å²) in [5.41, 5.74) is 3.21. The molecule has 0 amide bonds. The summed E-state index contributed by atoms with van der Waals surface area (Å²) in [5, 5.41) is 13.2. The van der Waals surface area contributed by atoms with E-state index in [1.165, 1.54) is 0 Å². The van der Waals surface area contributed by atoms with Gasteiger partial charge in [0.05, 0.1) is 0 Å². The second-order valence-electron chi connectivity index (χ2n) is 3.74. The van der Waals surface area contributed by atoms with Crippen LogP contribution in [0.3, 0.4) is 0 Å². The van der Waals surface area contributed by atoms with E-state index >= 15 is 0 Å². The average molecular weight is 177 g/mol. The highest BCUT2D eigenvalue weighted by atomic mass is 16.3. The lowest BCUT2D eigenvalue weighted by molar-refractivity contribution is 0.363. The second kappa shape index (κ2) is 3.04. The molecule has 1 atom stereocenters. The van der Waals surface area contributed by atoms with Crippen LogP contribution in [0.4, 0.5) is 0 Å². The zero-order valence-corrected chi connectivity index (χ0v) is 8.09. The van der Waals surface area contributed by atoms with Gasteiger partial charge in [-0.1, -0.05) is 12.1 Å². The number of hydrogen-bond acceptors (Lipinski definition) is 2. The normalized spacial score (nSPS) is 21.2. The minimum atomic E-state index is 0.374. The standard InChI is InChI=1S/C11H15NO/c1-7-3-4-9(10-5-6-12-10)11(13)8(7)2/h3-4,10,12-13H,5-6H2,1-2H3/t10-/m0/s1. The summed E-state index contributed by atoms with van der Waals surface area (Å²) < 4.78 is 0. The van der Waals surface area contributed by atoms with Crippen molar-refractivity contribution in [1.82, 2.24) is 5.32 Å². The topological polar surface area (TPSA) is 32.3 Å². The van der Waals surface area contributed by atoms with Gasteiger partial charge in [-0.2, -0.15) is 0 Å². The maximum atomic E-state index is 9.87. The number of nitrogens with one attached hydrogen (secondary N) is 1. The molecule has 1 fully saturated rings. The number of benzene rings is 1. The van der Waals surface area contributed by atoms with Crippen LogP contribution in [0.25, 0.3) is 0 Å². The molecule has 0 bridgehead atoms. The van der Waals surface area contributed by atoms with Gasteiger partial charge in [0.2, 0.25) is 0 Å². The Balaban J connectivity index is 2.41. The van der Waals surface area contributed by atoms with Gasteiger partial charge in [0, 0.05) is 11.6 Å². The molecule has 2 rings (SSSR count). The first-order chi connectivity index (χ1) is 6.20. The molecule has 0 spiro atoms. The molecule has 1 aliphatic rings. The molecule has 1 aliphatic heterocycles. The van der Waals surface area contributed by atoms with Crippen LogP contribution in [0, 0.1) is 13.8 Å². The van der Waals surface area contributed by atoms with Crippen LogP contribution in [0.5, 0.6) is 5.75 Å². The summed E-state index contributed by atoms with van der Waals surface area (Å²) in [4.78, 5) is 0. The van der Waals surface area contributed by atoms with E-state index in [0.717, 1.165) is 29.7 Å². The lowest BCUT2D eigenvalue weighted by atomic mass is 9.94. The summed E-state index contributed by atoms with van der Waals surface area (Å²) in [6, 6.07) is 4.47. The van der Waals surface area contributed by atoms with E-state index in [-0.39, 0.29) is 0 Å². The van der Waals surface area contributed by atoms with Crippen LogP contribution in [-0.4, -0.2) is 11.7 Å². The Bertz CT molecular complexity index is 329. The number of aryl methyl sites for hydroxylation is 1. The number of hydrogen-bond donors (Lipinski definition) is 2. The van der Waals surface area contributed by atoms with Gasteiger partial charge in [0.25, 0.3) is 0 Å². The molecular formula is C11H15NO. The fourth-order valence-corrected chi connectivity index (χ4v) is 1.66. The van der Waals surface area contributed by atoms with Gasteiger partial charge in [0.15, 0.2) is 0 Å². The third kappa shape index (κ3) is 1.31. The molecule has 13 heavy (non-hydrogen) atoms. The van der Waals surface area contributed by atoms with Crippen molar-refractivity contribution in [3.63, 3.8) is 0 Å². The van der Waals surface area contributed by atoms with Crippen LogP contribution < -0.4 is 5.32 Å². The molecule has 0 unspecified atom stereocenters. The van der Waals surface area contributed by atoms with Crippen molar-refractivity contribution in [1.29, 1.82) is 0 Å². The third-order valence-electron chi connectivity index (χ3n) is 2.93. The molecule has 2 N–H and O–H groups in total. The minimum Gasteiger partial charge on any atom is -0.507 e. The van der Waals surface area contributed by atoms with Gasteiger partial charge in [-0.3, -0.25) is 0 Å². The van der Waals surface area contributed by atoms with Crippen LogP contribution >= 0.6 is 0 Å². The fraction of sp³-hybridized carbons (Fsp3) is 0.455. The van der Waals surface area contributed by atoms with Crippen LogP contribution in [0.1, 0.15) is 29.2 Å². The number of phenols is 1. The average Bonchev–Trinajstić information content (AvgIpc) is 2.03. The van der Waals surface area contributed by atoms with Crippen LogP contribution in [0.2, 0.25) is 0 Å². The van der Waals surface area contributed by atoms with Crippen LogP contribution in [0.15, 0.2) is 12.1 Å². The zero-order valence-electron chi connectivity index (χ0n) is 8.09.